The van der Waals surface area contributed by atoms with E-state index in [-0.39, 0.29) is 12.5 Å². The van der Waals surface area contributed by atoms with E-state index in [1.54, 1.807) is 24.5 Å². The normalized spacial score (nSPS) is 15.8. The summed E-state index contributed by atoms with van der Waals surface area (Å²) in [6.45, 7) is 0.751. The van der Waals surface area contributed by atoms with Crippen molar-refractivity contribution < 1.29 is 14.3 Å². The summed E-state index contributed by atoms with van der Waals surface area (Å²) in [5.74, 6) is 0.684. The molecule has 1 aliphatic carbocycles. The second kappa shape index (κ2) is 6.40. The van der Waals surface area contributed by atoms with Gasteiger partial charge < -0.3 is 14.4 Å². The highest BCUT2D eigenvalue weighted by Crippen LogP contribution is 2.25. The number of aliphatic hydroxyl groups is 1. The van der Waals surface area contributed by atoms with E-state index in [1.807, 2.05) is 11.0 Å². The molecule has 1 aromatic heterocycles. The van der Waals surface area contributed by atoms with E-state index in [1.165, 1.54) is 6.42 Å². The van der Waals surface area contributed by atoms with Gasteiger partial charge in [-0.3, -0.25) is 4.79 Å². The number of hydrogen-bond donors (Lipinski definition) is 1. The van der Waals surface area contributed by atoms with Gasteiger partial charge in [-0.2, -0.15) is 0 Å². The summed E-state index contributed by atoms with van der Waals surface area (Å²) in [7, 11) is 0. The van der Waals surface area contributed by atoms with Crippen LogP contribution in [-0.4, -0.2) is 35.1 Å². The second-order valence-corrected chi connectivity index (χ2v) is 4.54. The lowest BCUT2D eigenvalue weighted by Crippen LogP contribution is -2.44. The van der Waals surface area contributed by atoms with Crippen LogP contribution in [0.4, 0.5) is 0 Å². The van der Waals surface area contributed by atoms with Gasteiger partial charge in [0.05, 0.1) is 6.26 Å². The van der Waals surface area contributed by atoms with Crippen molar-refractivity contribution in [2.45, 2.75) is 31.7 Å². The number of rotatable bonds is 6. The maximum atomic E-state index is 12.1. The van der Waals surface area contributed by atoms with E-state index in [0.29, 0.717) is 24.8 Å². The van der Waals surface area contributed by atoms with Crippen molar-refractivity contribution in [1.29, 1.82) is 0 Å². The maximum Gasteiger partial charge on any atom is 0.246 e. The van der Waals surface area contributed by atoms with Gasteiger partial charge >= 0.3 is 0 Å². The highest BCUT2D eigenvalue weighted by molar-refractivity contribution is 5.91. The molecule has 0 aliphatic heterocycles. The van der Waals surface area contributed by atoms with E-state index in [9.17, 15) is 4.79 Å². The van der Waals surface area contributed by atoms with Gasteiger partial charge in [0.15, 0.2) is 0 Å². The average molecular weight is 249 g/mol. The molecular formula is C14H19NO3. The molecule has 1 N–H and O–H groups in total. The first kappa shape index (κ1) is 12.9. The van der Waals surface area contributed by atoms with Gasteiger partial charge in [0, 0.05) is 25.3 Å². The van der Waals surface area contributed by atoms with Crippen LogP contribution in [0.15, 0.2) is 28.9 Å². The predicted octanol–water partition coefficient (Wildman–Crippen LogP) is 2.06. The van der Waals surface area contributed by atoms with Gasteiger partial charge in [0.1, 0.15) is 5.76 Å². The molecule has 0 bridgehead atoms. The van der Waals surface area contributed by atoms with Crippen molar-refractivity contribution >= 4 is 12.0 Å². The molecule has 1 aliphatic rings. The fourth-order valence-electron chi connectivity index (χ4n) is 2.05. The monoisotopic (exact) mass is 249 g/mol. The Morgan fingerprint density at radius 3 is 2.94 bits per heavy atom. The molecule has 98 valence electrons. The molecule has 1 aromatic rings. The van der Waals surface area contributed by atoms with Gasteiger partial charge in [-0.25, -0.2) is 0 Å². The zero-order valence-electron chi connectivity index (χ0n) is 10.4. The minimum atomic E-state index is 0.00421. The van der Waals surface area contributed by atoms with Gasteiger partial charge in [-0.05, 0) is 43.9 Å². The number of hydrogen-bond acceptors (Lipinski definition) is 3. The number of carbonyl (C=O) groups is 1. The summed E-state index contributed by atoms with van der Waals surface area (Å²) in [5.41, 5.74) is 0. The van der Waals surface area contributed by atoms with Gasteiger partial charge in [-0.15, -0.1) is 0 Å². The lowest BCUT2D eigenvalue weighted by atomic mass is 9.91. The third-order valence-corrected chi connectivity index (χ3v) is 3.29. The van der Waals surface area contributed by atoms with Crippen LogP contribution in [0.25, 0.3) is 6.08 Å². The fourth-order valence-corrected chi connectivity index (χ4v) is 2.05. The molecule has 2 rings (SSSR count). The van der Waals surface area contributed by atoms with E-state index in [4.69, 9.17) is 9.52 Å². The number of amides is 1. The van der Waals surface area contributed by atoms with Crippen molar-refractivity contribution in [1.82, 2.24) is 4.90 Å². The topological polar surface area (TPSA) is 53.7 Å². The minimum Gasteiger partial charge on any atom is -0.465 e. The summed E-state index contributed by atoms with van der Waals surface area (Å²) in [4.78, 5) is 14.0. The number of carbonyl (C=O) groups excluding carboxylic acids is 1. The molecule has 0 unspecified atom stereocenters. The molecule has 18 heavy (non-hydrogen) atoms. The highest BCUT2D eigenvalue weighted by Gasteiger charge is 2.26. The number of nitrogens with zero attached hydrogens (tertiary/aromatic N) is 1. The number of aliphatic hydroxyl groups excluding tert-OH is 1. The van der Waals surface area contributed by atoms with Crippen molar-refractivity contribution in [3.63, 3.8) is 0 Å². The van der Waals surface area contributed by atoms with E-state index >= 15 is 0 Å². The van der Waals surface area contributed by atoms with Crippen LogP contribution < -0.4 is 0 Å². The Kier molecular flexibility index (Phi) is 4.59. The highest BCUT2D eigenvalue weighted by atomic mass is 16.3. The van der Waals surface area contributed by atoms with E-state index < -0.39 is 0 Å². The smallest absolute Gasteiger partial charge is 0.246 e. The van der Waals surface area contributed by atoms with Crippen molar-refractivity contribution in [3.8, 4) is 0 Å². The molecule has 4 heteroatoms. The molecule has 0 aromatic carbocycles. The summed E-state index contributed by atoms with van der Waals surface area (Å²) >= 11 is 0. The third-order valence-electron chi connectivity index (χ3n) is 3.29. The Morgan fingerprint density at radius 1 is 1.56 bits per heavy atom. The van der Waals surface area contributed by atoms with Crippen LogP contribution in [0.3, 0.4) is 0 Å². The molecule has 1 saturated carbocycles. The zero-order valence-corrected chi connectivity index (χ0v) is 10.4. The quantitative estimate of drug-likeness (QED) is 0.785. The summed E-state index contributed by atoms with van der Waals surface area (Å²) in [5, 5.41) is 8.88. The zero-order chi connectivity index (χ0) is 12.8. The van der Waals surface area contributed by atoms with Crippen molar-refractivity contribution in [2.75, 3.05) is 13.2 Å². The largest absolute Gasteiger partial charge is 0.465 e. The van der Waals surface area contributed by atoms with E-state index in [2.05, 4.69) is 0 Å². The van der Waals surface area contributed by atoms with Gasteiger partial charge in [-0.1, -0.05) is 0 Å². The Morgan fingerprint density at radius 2 is 2.39 bits per heavy atom. The van der Waals surface area contributed by atoms with Crippen molar-refractivity contribution in [2.24, 2.45) is 0 Å². The first-order valence-electron chi connectivity index (χ1n) is 6.44. The Hall–Kier alpha value is -1.55. The lowest BCUT2D eigenvalue weighted by Gasteiger charge is -2.37. The Bertz CT molecular complexity index is 393. The lowest BCUT2D eigenvalue weighted by molar-refractivity contribution is -0.130. The first-order chi connectivity index (χ1) is 8.81. The fraction of sp³-hybridized carbons (Fsp3) is 0.500. The molecule has 1 amide bonds. The minimum absolute atomic E-state index is 0.00421. The molecule has 1 heterocycles. The van der Waals surface area contributed by atoms with Crippen molar-refractivity contribution in [3.05, 3.63) is 30.2 Å². The molecule has 0 saturated heterocycles. The Labute approximate surface area is 107 Å². The predicted molar refractivity (Wildman–Crippen MR) is 68.8 cm³/mol. The van der Waals surface area contributed by atoms with Gasteiger partial charge in [0.25, 0.3) is 0 Å². The van der Waals surface area contributed by atoms with Gasteiger partial charge in [0.2, 0.25) is 5.91 Å². The number of furan rings is 1. The maximum absolute atomic E-state index is 12.1. The molecule has 0 radical (unpaired) electrons. The molecule has 1 fully saturated rings. The van der Waals surface area contributed by atoms with Crippen LogP contribution in [-0.2, 0) is 4.79 Å². The molecular weight excluding hydrogens is 230 g/mol. The Balaban J connectivity index is 1.94. The van der Waals surface area contributed by atoms with Crippen LogP contribution in [0.2, 0.25) is 0 Å². The molecule has 0 atom stereocenters. The SMILES string of the molecule is O=C(/C=C/c1ccco1)N(CCCO)C1CCC1. The summed E-state index contributed by atoms with van der Waals surface area (Å²) < 4.78 is 5.15. The summed E-state index contributed by atoms with van der Waals surface area (Å²) in [6, 6.07) is 3.95. The van der Waals surface area contributed by atoms with Crippen LogP contribution in [0.5, 0.6) is 0 Å². The molecule has 4 nitrogen and oxygen atoms in total. The standard InChI is InChI=1S/C14H19NO3/c16-10-3-9-15(12-4-1-5-12)14(17)8-7-13-6-2-11-18-13/h2,6-8,11-12,16H,1,3-5,9-10H2/b8-7+. The molecule has 0 spiro atoms. The third kappa shape index (κ3) is 3.23. The first-order valence-corrected chi connectivity index (χ1v) is 6.44. The average Bonchev–Trinajstić information content (AvgIpc) is 2.81. The summed E-state index contributed by atoms with van der Waals surface area (Å²) in [6.07, 6.45) is 8.80. The van der Waals surface area contributed by atoms with Crippen LogP contribution in [0.1, 0.15) is 31.4 Å². The van der Waals surface area contributed by atoms with Crippen LogP contribution in [0, 0.1) is 0 Å². The van der Waals surface area contributed by atoms with Crippen LogP contribution >= 0.6 is 0 Å². The van der Waals surface area contributed by atoms with E-state index in [0.717, 1.165) is 12.8 Å². The second-order valence-electron chi connectivity index (χ2n) is 4.54.